The second-order valence-corrected chi connectivity index (χ2v) is 9.32. The maximum absolute atomic E-state index is 9.81. The van der Waals surface area contributed by atoms with E-state index >= 15 is 0 Å². The van der Waals surface area contributed by atoms with Gasteiger partial charge in [-0.05, 0) is 62.7 Å². The fourth-order valence-corrected chi connectivity index (χ4v) is 5.59. The average Bonchev–Trinajstić information content (AvgIpc) is 2.67. The molecule has 2 aliphatic carbocycles. The number of unbranched alkanes of at least 4 members (excludes halogenated alkanes) is 5. The van der Waals surface area contributed by atoms with Crippen LogP contribution in [0.2, 0.25) is 0 Å². The highest BCUT2D eigenvalue weighted by Crippen LogP contribution is 2.47. The molecule has 1 nitrogen and oxygen atoms in total. The van der Waals surface area contributed by atoms with Gasteiger partial charge in [-0.2, -0.15) is 5.26 Å². The van der Waals surface area contributed by atoms with Gasteiger partial charge in [0.1, 0.15) is 0 Å². The van der Waals surface area contributed by atoms with E-state index in [4.69, 9.17) is 0 Å². The third kappa shape index (κ3) is 6.62. The molecule has 1 heteroatoms. The van der Waals surface area contributed by atoms with Gasteiger partial charge in [-0.25, -0.2) is 0 Å². The Morgan fingerprint density at radius 1 is 0.760 bits per heavy atom. The van der Waals surface area contributed by atoms with E-state index in [2.05, 4.69) is 19.9 Å². The average molecular weight is 346 g/mol. The summed E-state index contributed by atoms with van der Waals surface area (Å²) in [6.45, 7) is 4.59. The molecule has 2 rings (SSSR count). The van der Waals surface area contributed by atoms with E-state index < -0.39 is 0 Å². The molecule has 0 atom stereocenters. The van der Waals surface area contributed by atoms with Crippen LogP contribution in [0.3, 0.4) is 0 Å². The van der Waals surface area contributed by atoms with Gasteiger partial charge >= 0.3 is 0 Å². The van der Waals surface area contributed by atoms with Gasteiger partial charge in [0.25, 0.3) is 0 Å². The Hall–Kier alpha value is -0.510. The summed E-state index contributed by atoms with van der Waals surface area (Å²) in [6.07, 6.45) is 23.1. The van der Waals surface area contributed by atoms with Gasteiger partial charge in [0.2, 0.25) is 0 Å². The maximum atomic E-state index is 9.81. The molecule has 0 saturated heterocycles. The van der Waals surface area contributed by atoms with E-state index in [0.29, 0.717) is 0 Å². The van der Waals surface area contributed by atoms with E-state index in [0.717, 1.165) is 17.8 Å². The number of nitrogens with zero attached hydrogens (tertiary/aromatic N) is 1. The summed E-state index contributed by atoms with van der Waals surface area (Å²) in [5.74, 6) is 2.95. The van der Waals surface area contributed by atoms with Gasteiger partial charge in [0.05, 0.1) is 11.5 Å². The van der Waals surface area contributed by atoms with E-state index in [1.54, 1.807) is 0 Å². The van der Waals surface area contributed by atoms with Crippen molar-refractivity contribution in [2.75, 3.05) is 0 Å². The smallest absolute Gasteiger partial charge is 0.0689 e. The fourth-order valence-electron chi connectivity index (χ4n) is 5.59. The van der Waals surface area contributed by atoms with Crippen molar-refractivity contribution < 1.29 is 0 Å². The van der Waals surface area contributed by atoms with E-state index in [-0.39, 0.29) is 5.41 Å². The molecule has 0 radical (unpaired) electrons. The molecule has 2 saturated carbocycles. The van der Waals surface area contributed by atoms with Crippen LogP contribution in [0.4, 0.5) is 0 Å². The summed E-state index contributed by atoms with van der Waals surface area (Å²) in [5.41, 5.74) is 0.0427. The Morgan fingerprint density at radius 2 is 1.36 bits per heavy atom. The van der Waals surface area contributed by atoms with E-state index in [9.17, 15) is 5.26 Å². The summed E-state index contributed by atoms with van der Waals surface area (Å²) < 4.78 is 0. The van der Waals surface area contributed by atoms with Crippen LogP contribution in [0.25, 0.3) is 0 Å². The lowest BCUT2D eigenvalue weighted by Crippen LogP contribution is -2.31. The largest absolute Gasteiger partial charge is 0.198 e. The first kappa shape index (κ1) is 20.8. The Kier molecular flexibility index (Phi) is 9.36. The van der Waals surface area contributed by atoms with Crippen LogP contribution in [0.1, 0.15) is 123 Å². The molecule has 0 aromatic rings. The predicted molar refractivity (Wildman–Crippen MR) is 108 cm³/mol. The van der Waals surface area contributed by atoms with Crippen molar-refractivity contribution in [3.05, 3.63) is 0 Å². The highest BCUT2D eigenvalue weighted by molar-refractivity contribution is 5.02. The highest BCUT2D eigenvalue weighted by atomic mass is 14.4. The number of rotatable bonds is 10. The molecule has 0 spiro atoms. The molecule has 2 fully saturated rings. The normalized spacial score (nSPS) is 33.1. The molecule has 0 aromatic carbocycles. The molecule has 0 aliphatic heterocycles. The quantitative estimate of drug-likeness (QED) is 0.367. The van der Waals surface area contributed by atoms with Crippen molar-refractivity contribution in [3.8, 4) is 6.07 Å². The maximum Gasteiger partial charge on any atom is 0.0689 e. The third-order valence-electron chi connectivity index (χ3n) is 7.51. The summed E-state index contributed by atoms with van der Waals surface area (Å²) in [4.78, 5) is 0. The lowest BCUT2D eigenvalue weighted by atomic mass is 9.63. The number of nitriles is 1. The molecule has 0 bridgehead atoms. The lowest BCUT2D eigenvalue weighted by Gasteiger charge is -2.41. The zero-order chi connectivity index (χ0) is 18.0. The van der Waals surface area contributed by atoms with Crippen LogP contribution in [0, 0.1) is 34.5 Å². The van der Waals surface area contributed by atoms with Crippen LogP contribution < -0.4 is 0 Å². The molecule has 0 heterocycles. The lowest BCUT2D eigenvalue weighted by molar-refractivity contribution is 0.114. The first-order chi connectivity index (χ1) is 12.2. The minimum absolute atomic E-state index is 0.0427. The topological polar surface area (TPSA) is 23.8 Å². The molecule has 2 aliphatic rings. The van der Waals surface area contributed by atoms with Gasteiger partial charge in [0.15, 0.2) is 0 Å². The summed E-state index contributed by atoms with van der Waals surface area (Å²) in [6, 6.07) is 2.76. The molecule has 0 aromatic heterocycles. The van der Waals surface area contributed by atoms with Crippen molar-refractivity contribution in [1.29, 1.82) is 5.26 Å². The van der Waals surface area contributed by atoms with Crippen molar-refractivity contribution in [2.24, 2.45) is 23.2 Å². The second kappa shape index (κ2) is 11.3. The standard InChI is InChI=1S/C24H43N/c1-3-5-7-8-9-17-24(20-25)18-15-23(16-19-24)22-13-11-21(12-14-22)10-6-4-2/h21-23H,3-19H2,1-2H3/t21-,22-,23-,24+. The zero-order valence-corrected chi connectivity index (χ0v) is 17.2. The Labute approximate surface area is 158 Å². The molecular weight excluding hydrogens is 302 g/mol. The van der Waals surface area contributed by atoms with Crippen LogP contribution in [-0.2, 0) is 0 Å². The van der Waals surface area contributed by atoms with Crippen molar-refractivity contribution in [3.63, 3.8) is 0 Å². The first-order valence-corrected chi connectivity index (χ1v) is 11.6. The van der Waals surface area contributed by atoms with Gasteiger partial charge in [-0.1, -0.05) is 78.1 Å². The van der Waals surface area contributed by atoms with Gasteiger partial charge in [-0.3, -0.25) is 0 Å². The molecule has 0 N–H and O–H groups in total. The number of hydrogen-bond acceptors (Lipinski definition) is 1. The van der Waals surface area contributed by atoms with E-state index in [1.165, 1.54) is 109 Å². The van der Waals surface area contributed by atoms with Crippen LogP contribution in [0.5, 0.6) is 0 Å². The molecular formula is C24H43N. The molecule has 0 amide bonds. The summed E-state index contributed by atoms with van der Waals surface area (Å²) in [5, 5.41) is 9.81. The number of hydrogen-bond donors (Lipinski definition) is 0. The van der Waals surface area contributed by atoms with Crippen LogP contribution >= 0.6 is 0 Å². The molecule has 144 valence electrons. The van der Waals surface area contributed by atoms with Crippen LogP contribution in [-0.4, -0.2) is 0 Å². The van der Waals surface area contributed by atoms with Gasteiger partial charge in [-0.15, -0.1) is 0 Å². The van der Waals surface area contributed by atoms with Crippen molar-refractivity contribution in [1.82, 2.24) is 0 Å². The molecule has 25 heavy (non-hydrogen) atoms. The Bertz CT molecular complexity index is 377. The van der Waals surface area contributed by atoms with Gasteiger partial charge < -0.3 is 0 Å². The molecule has 0 unspecified atom stereocenters. The monoisotopic (exact) mass is 345 g/mol. The highest BCUT2D eigenvalue weighted by Gasteiger charge is 2.38. The second-order valence-electron chi connectivity index (χ2n) is 9.32. The zero-order valence-electron chi connectivity index (χ0n) is 17.2. The minimum Gasteiger partial charge on any atom is -0.198 e. The van der Waals surface area contributed by atoms with Crippen molar-refractivity contribution in [2.45, 2.75) is 123 Å². The Balaban J connectivity index is 1.68. The van der Waals surface area contributed by atoms with Gasteiger partial charge in [0, 0.05) is 0 Å². The fraction of sp³-hybridized carbons (Fsp3) is 0.958. The predicted octanol–water partition coefficient (Wildman–Crippen LogP) is 8.04. The van der Waals surface area contributed by atoms with Crippen LogP contribution in [0.15, 0.2) is 0 Å². The first-order valence-electron chi connectivity index (χ1n) is 11.6. The third-order valence-corrected chi connectivity index (χ3v) is 7.51. The Morgan fingerprint density at radius 3 is 1.96 bits per heavy atom. The minimum atomic E-state index is 0.0427. The van der Waals surface area contributed by atoms with E-state index in [1.807, 2.05) is 0 Å². The van der Waals surface area contributed by atoms with Crippen molar-refractivity contribution >= 4 is 0 Å². The summed E-state index contributed by atoms with van der Waals surface area (Å²) >= 11 is 0. The SMILES string of the molecule is CCCCCCC[C@]1(C#N)CC[C@@H]([C@H]2CC[C@H](CCCC)CC2)CC1. The summed E-state index contributed by atoms with van der Waals surface area (Å²) in [7, 11) is 0.